The Morgan fingerprint density at radius 3 is 3.04 bits per heavy atom. The molecule has 0 aliphatic carbocycles. The first-order chi connectivity index (χ1) is 13.4. The van der Waals surface area contributed by atoms with Crippen molar-refractivity contribution in [3.63, 3.8) is 0 Å². The molecular formula is C14H19FN6O6S. The Labute approximate surface area is 162 Å². The maximum atomic E-state index is 14.5. The van der Waals surface area contributed by atoms with Crippen molar-refractivity contribution in [2.24, 2.45) is 5.11 Å². The summed E-state index contributed by atoms with van der Waals surface area (Å²) in [7, 11) is 0. The minimum Gasteiger partial charge on any atom is -0.444 e. The fraction of sp³-hybridized carbons (Fsp3) is 0.643. The highest BCUT2D eigenvalue weighted by molar-refractivity contribution is 7.98. The van der Waals surface area contributed by atoms with Crippen LogP contribution in [0.2, 0.25) is 0 Å². The highest BCUT2D eigenvalue weighted by Gasteiger charge is 2.56. The summed E-state index contributed by atoms with van der Waals surface area (Å²) in [5.74, 6) is 0.759. The van der Waals surface area contributed by atoms with E-state index in [1.54, 1.807) is 0 Å². The molecule has 5 atom stereocenters. The van der Waals surface area contributed by atoms with E-state index in [4.69, 9.17) is 15.0 Å². The van der Waals surface area contributed by atoms with E-state index in [2.05, 4.69) is 20.3 Å². The van der Waals surface area contributed by atoms with Crippen LogP contribution in [0.4, 0.5) is 10.2 Å². The molecule has 0 radical (unpaired) electrons. The average Bonchev–Trinajstić information content (AvgIpc) is 2.92. The van der Waals surface area contributed by atoms with E-state index >= 15 is 0 Å². The Morgan fingerprint density at radius 1 is 1.71 bits per heavy atom. The molecule has 0 spiro atoms. The topological polar surface area (TPSA) is 172 Å². The van der Waals surface area contributed by atoms with Crippen molar-refractivity contribution < 1.29 is 28.9 Å². The van der Waals surface area contributed by atoms with Gasteiger partial charge in [0, 0.05) is 17.5 Å². The van der Waals surface area contributed by atoms with Gasteiger partial charge >= 0.3 is 5.69 Å². The molecule has 14 heteroatoms. The number of anilines is 1. The number of carbonyl (C=O) groups excluding carboxylic acids is 1. The molecule has 1 aliphatic heterocycles. The first-order valence-corrected chi connectivity index (χ1v) is 9.42. The quantitative estimate of drug-likeness (QED) is 0.157. The SMILES string of the molecule is CSCC[C@H](Nc1ccn(C2O[C@@](CO)(N=[N+]=[N-])C(O)[C@@H]2F)c(=O)n1)OC=O. The zero-order valence-corrected chi connectivity index (χ0v) is 15.5. The fourth-order valence-electron chi connectivity index (χ4n) is 2.60. The third-order valence-corrected chi connectivity index (χ3v) is 4.66. The number of aliphatic hydroxyl groups is 2. The van der Waals surface area contributed by atoms with Crippen LogP contribution in [-0.4, -0.2) is 69.1 Å². The van der Waals surface area contributed by atoms with Gasteiger partial charge in [-0.25, -0.2) is 9.18 Å². The molecule has 0 bridgehead atoms. The first kappa shape index (κ1) is 21.9. The monoisotopic (exact) mass is 418 g/mol. The maximum absolute atomic E-state index is 14.5. The molecule has 1 fully saturated rings. The van der Waals surface area contributed by atoms with Crippen molar-refractivity contribution in [2.45, 2.75) is 36.9 Å². The second-order valence-electron chi connectivity index (χ2n) is 5.74. The summed E-state index contributed by atoms with van der Waals surface area (Å²) in [6.45, 7) is -0.720. The van der Waals surface area contributed by atoms with Crippen LogP contribution in [0.15, 0.2) is 22.2 Å². The lowest BCUT2D eigenvalue weighted by Crippen LogP contribution is -2.43. The molecule has 1 aromatic heterocycles. The van der Waals surface area contributed by atoms with Crippen LogP contribution in [0.3, 0.4) is 0 Å². The van der Waals surface area contributed by atoms with Crippen LogP contribution in [-0.2, 0) is 14.3 Å². The van der Waals surface area contributed by atoms with Crippen molar-refractivity contribution in [3.05, 3.63) is 33.2 Å². The van der Waals surface area contributed by atoms with Gasteiger partial charge in [-0.05, 0) is 23.6 Å². The molecule has 28 heavy (non-hydrogen) atoms. The lowest BCUT2D eigenvalue weighted by Gasteiger charge is -2.23. The summed E-state index contributed by atoms with van der Waals surface area (Å²) in [6.07, 6.45) is -3.04. The summed E-state index contributed by atoms with van der Waals surface area (Å²) >= 11 is 1.54. The summed E-state index contributed by atoms with van der Waals surface area (Å²) in [6, 6.07) is 1.32. The molecule has 3 N–H and O–H groups in total. The van der Waals surface area contributed by atoms with Crippen molar-refractivity contribution in [1.29, 1.82) is 0 Å². The average molecular weight is 418 g/mol. The van der Waals surface area contributed by atoms with E-state index in [1.165, 1.54) is 17.8 Å². The predicted molar refractivity (Wildman–Crippen MR) is 96.0 cm³/mol. The Hall–Kier alpha value is -2.38. The predicted octanol–water partition coefficient (Wildman–Crippen LogP) is 0.134. The Balaban J connectivity index is 2.23. The van der Waals surface area contributed by atoms with Gasteiger partial charge in [0.05, 0.1) is 6.61 Å². The molecule has 1 aliphatic rings. The number of ether oxygens (including phenoxy) is 2. The third-order valence-electron chi connectivity index (χ3n) is 4.02. The molecule has 2 rings (SSSR count). The second-order valence-corrected chi connectivity index (χ2v) is 6.73. The lowest BCUT2D eigenvalue weighted by molar-refractivity contribution is -0.132. The van der Waals surface area contributed by atoms with Crippen molar-refractivity contribution in [3.8, 4) is 0 Å². The van der Waals surface area contributed by atoms with Crippen LogP contribution in [0.25, 0.3) is 10.4 Å². The van der Waals surface area contributed by atoms with E-state index in [-0.39, 0.29) is 12.3 Å². The Kier molecular flexibility index (Phi) is 7.60. The number of aliphatic hydroxyl groups excluding tert-OH is 2. The Morgan fingerprint density at radius 2 is 2.46 bits per heavy atom. The van der Waals surface area contributed by atoms with Gasteiger partial charge in [-0.1, -0.05) is 5.11 Å². The molecule has 2 heterocycles. The number of azide groups is 1. The fourth-order valence-corrected chi connectivity index (χ4v) is 3.05. The summed E-state index contributed by atoms with van der Waals surface area (Å²) in [5.41, 5.74) is 5.38. The number of alkyl halides is 1. The smallest absolute Gasteiger partial charge is 0.351 e. The summed E-state index contributed by atoms with van der Waals surface area (Å²) in [4.78, 5) is 29.0. The lowest BCUT2D eigenvalue weighted by atomic mass is 10.1. The van der Waals surface area contributed by atoms with E-state index in [9.17, 15) is 24.2 Å². The van der Waals surface area contributed by atoms with Crippen LogP contribution in [0, 0.1) is 0 Å². The molecule has 0 saturated carbocycles. The van der Waals surface area contributed by atoms with Crippen LogP contribution in [0.1, 0.15) is 12.6 Å². The molecule has 12 nitrogen and oxygen atoms in total. The normalized spacial score (nSPS) is 27.6. The Bertz CT molecular complexity index is 792. The molecule has 0 amide bonds. The van der Waals surface area contributed by atoms with E-state index in [1.807, 2.05) is 6.26 Å². The van der Waals surface area contributed by atoms with Gasteiger partial charge in [-0.2, -0.15) is 16.7 Å². The molecule has 1 aromatic rings. The highest BCUT2D eigenvalue weighted by atomic mass is 32.2. The second kappa shape index (κ2) is 9.71. The number of nitrogens with zero attached hydrogens (tertiary/aromatic N) is 5. The minimum atomic E-state index is -2.25. The van der Waals surface area contributed by atoms with E-state index < -0.39 is 42.8 Å². The van der Waals surface area contributed by atoms with Crippen LogP contribution in [0.5, 0.6) is 0 Å². The van der Waals surface area contributed by atoms with E-state index in [0.717, 1.165) is 10.8 Å². The van der Waals surface area contributed by atoms with Crippen molar-refractivity contribution in [1.82, 2.24) is 9.55 Å². The van der Waals surface area contributed by atoms with Gasteiger partial charge < -0.3 is 25.0 Å². The zero-order valence-electron chi connectivity index (χ0n) is 14.7. The number of rotatable bonds is 10. The minimum absolute atomic E-state index is 0.0756. The molecular weight excluding hydrogens is 399 g/mol. The summed E-state index contributed by atoms with van der Waals surface area (Å²) < 4.78 is 25.3. The number of hydrogen-bond acceptors (Lipinski definition) is 10. The van der Waals surface area contributed by atoms with E-state index in [0.29, 0.717) is 12.2 Å². The van der Waals surface area contributed by atoms with Gasteiger partial charge in [-0.15, -0.1) is 0 Å². The van der Waals surface area contributed by atoms with Crippen LogP contribution < -0.4 is 11.0 Å². The largest absolute Gasteiger partial charge is 0.444 e. The number of nitrogens with one attached hydrogen (secondary N) is 1. The number of thioether (sulfide) groups is 1. The first-order valence-electron chi connectivity index (χ1n) is 8.03. The van der Waals surface area contributed by atoms with Gasteiger partial charge in [0.1, 0.15) is 11.9 Å². The zero-order chi connectivity index (χ0) is 20.7. The number of halogens is 1. The third kappa shape index (κ3) is 4.54. The maximum Gasteiger partial charge on any atom is 0.351 e. The van der Waals surface area contributed by atoms with Crippen molar-refractivity contribution >= 4 is 24.1 Å². The van der Waals surface area contributed by atoms with Gasteiger partial charge in [0.15, 0.2) is 18.6 Å². The molecule has 154 valence electrons. The van der Waals surface area contributed by atoms with Gasteiger partial charge in [0.2, 0.25) is 5.72 Å². The number of hydrogen-bond donors (Lipinski definition) is 3. The standard InChI is InChI=1S/C14H19FN6O6S/c1-28-5-3-9(26-7-23)17-8-2-4-21(13(25)18-8)12-10(15)11(24)14(6-22,27-12)19-20-16/h2,4,7,9-12,22,24H,3,5-6H2,1H3,(H,17,18,25)/t9-,10+,11?,12?,14-/m1/s1. The van der Waals surface area contributed by atoms with Gasteiger partial charge in [-0.3, -0.25) is 9.36 Å². The van der Waals surface area contributed by atoms with Gasteiger partial charge in [0.25, 0.3) is 6.47 Å². The molecule has 2 unspecified atom stereocenters. The molecule has 0 aromatic carbocycles. The van der Waals surface area contributed by atoms with Crippen LogP contribution >= 0.6 is 11.8 Å². The molecule has 1 saturated heterocycles. The van der Waals surface area contributed by atoms with Crippen molar-refractivity contribution in [2.75, 3.05) is 23.9 Å². The number of carbonyl (C=O) groups is 1. The number of aromatic nitrogens is 2. The highest BCUT2D eigenvalue weighted by Crippen LogP contribution is 2.39. The summed E-state index contributed by atoms with van der Waals surface area (Å²) in [5, 5.41) is 25.2.